The molecule has 1 aromatic heterocycles. The topological polar surface area (TPSA) is 67.1 Å². The number of unbranched alkanes of at least 4 members (excludes halogenated alkanes) is 1. The lowest BCUT2D eigenvalue weighted by atomic mass is 10.1. The van der Waals surface area contributed by atoms with Crippen molar-refractivity contribution in [3.63, 3.8) is 0 Å². The summed E-state index contributed by atoms with van der Waals surface area (Å²) in [6.07, 6.45) is 2.21. The number of anilines is 1. The Morgan fingerprint density at radius 1 is 1.29 bits per heavy atom. The summed E-state index contributed by atoms with van der Waals surface area (Å²) in [5, 5.41) is 11.6. The van der Waals surface area contributed by atoms with E-state index < -0.39 is 0 Å². The summed E-state index contributed by atoms with van der Waals surface area (Å²) in [5.41, 5.74) is 8.48. The summed E-state index contributed by atoms with van der Waals surface area (Å²) in [7, 11) is 2.15. The van der Waals surface area contributed by atoms with Gasteiger partial charge < -0.3 is 16.0 Å². The van der Waals surface area contributed by atoms with Gasteiger partial charge in [0.25, 0.3) is 0 Å². The van der Waals surface area contributed by atoms with Crippen LogP contribution in [0.2, 0.25) is 0 Å². The zero-order valence-corrected chi connectivity index (χ0v) is 14.5. The van der Waals surface area contributed by atoms with E-state index in [2.05, 4.69) is 41.3 Å². The minimum absolute atomic E-state index is 0.368. The number of nitrogens with zero attached hydrogens (tertiary/aromatic N) is 3. The fourth-order valence-electron chi connectivity index (χ4n) is 1.98. The third-order valence-electron chi connectivity index (χ3n) is 3.81. The first-order chi connectivity index (χ1) is 9.84. The summed E-state index contributed by atoms with van der Waals surface area (Å²) in [6.45, 7) is 10.2. The smallest absolute Gasteiger partial charge is 0.159 e. The SMILES string of the molecule is Cc1nnc(NCCCCN(C)C(C)C)c(C(N)=S)c1C. The Morgan fingerprint density at radius 2 is 1.95 bits per heavy atom. The second kappa shape index (κ2) is 8.24. The first kappa shape index (κ1) is 17.8. The predicted octanol–water partition coefficient (Wildman–Crippen LogP) is 2.26. The lowest BCUT2D eigenvalue weighted by Gasteiger charge is -2.20. The van der Waals surface area contributed by atoms with E-state index in [1.807, 2.05) is 13.8 Å². The number of aromatic nitrogens is 2. The van der Waals surface area contributed by atoms with E-state index in [-0.39, 0.29) is 0 Å². The van der Waals surface area contributed by atoms with Crippen molar-refractivity contribution in [1.29, 1.82) is 0 Å². The molecule has 0 atom stereocenters. The fourth-order valence-corrected chi connectivity index (χ4v) is 2.23. The van der Waals surface area contributed by atoms with Crippen LogP contribution >= 0.6 is 12.2 Å². The predicted molar refractivity (Wildman–Crippen MR) is 92.9 cm³/mol. The summed E-state index contributed by atoms with van der Waals surface area (Å²) in [5.74, 6) is 0.697. The minimum atomic E-state index is 0.368. The fraction of sp³-hybridized carbons (Fsp3) is 0.667. The highest BCUT2D eigenvalue weighted by Gasteiger charge is 2.13. The van der Waals surface area contributed by atoms with Crippen molar-refractivity contribution in [2.24, 2.45) is 5.73 Å². The minimum Gasteiger partial charge on any atom is -0.389 e. The van der Waals surface area contributed by atoms with Gasteiger partial charge in [-0.3, -0.25) is 0 Å². The number of nitrogens with one attached hydrogen (secondary N) is 1. The molecule has 0 bridgehead atoms. The number of hydrogen-bond donors (Lipinski definition) is 2. The maximum Gasteiger partial charge on any atom is 0.159 e. The van der Waals surface area contributed by atoms with Crippen molar-refractivity contribution in [1.82, 2.24) is 15.1 Å². The summed E-state index contributed by atoms with van der Waals surface area (Å²) in [4.78, 5) is 2.71. The van der Waals surface area contributed by atoms with Crippen LogP contribution in [0.5, 0.6) is 0 Å². The van der Waals surface area contributed by atoms with Crippen LogP contribution in [0.15, 0.2) is 0 Å². The number of rotatable bonds is 8. The van der Waals surface area contributed by atoms with E-state index in [9.17, 15) is 0 Å². The van der Waals surface area contributed by atoms with Crippen LogP contribution in [-0.4, -0.2) is 46.3 Å². The van der Waals surface area contributed by atoms with E-state index in [4.69, 9.17) is 18.0 Å². The molecule has 1 rings (SSSR count). The van der Waals surface area contributed by atoms with Gasteiger partial charge in [0.2, 0.25) is 0 Å². The molecule has 6 heteroatoms. The number of aryl methyl sites for hydroxylation is 1. The van der Waals surface area contributed by atoms with Gasteiger partial charge >= 0.3 is 0 Å². The molecule has 1 aromatic rings. The molecule has 0 spiro atoms. The number of nitrogens with two attached hydrogens (primary N) is 1. The number of hydrogen-bond acceptors (Lipinski definition) is 5. The highest BCUT2D eigenvalue weighted by Crippen LogP contribution is 2.18. The normalized spacial score (nSPS) is 11.2. The second-order valence-corrected chi connectivity index (χ2v) is 6.15. The molecule has 0 fully saturated rings. The molecule has 0 aliphatic carbocycles. The zero-order valence-electron chi connectivity index (χ0n) is 13.7. The van der Waals surface area contributed by atoms with Crippen molar-refractivity contribution in [2.75, 3.05) is 25.5 Å². The Morgan fingerprint density at radius 3 is 2.52 bits per heavy atom. The van der Waals surface area contributed by atoms with Gasteiger partial charge in [0.1, 0.15) is 4.99 Å². The maximum atomic E-state index is 5.80. The average molecular weight is 309 g/mol. The van der Waals surface area contributed by atoms with Gasteiger partial charge in [0.05, 0.1) is 11.3 Å². The van der Waals surface area contributed by atoms with Crippen LogP contribution in [0, 0.1) is 13.8 Å². The molecule has 0 aliphatic rings. The second-order valence-electron chi connectivity index (χ2n) is 5.71. The molecule has 1 heterocycles. The Labute approximate surface area is 133 Å². The molecule has 0 aliphatic heterocycles. The molecule has 3 N–H and O–H groups in total. The van der Waals surface area contributed by atoms with Crippen LogP contribution in [0.3, 0.4) is 0 Å². The van der Waals surface area contributed by atoms with Gasteiger partial charge in [-0.2, -0.15) is 5.10 Å². The highest BCUT2D eigenvalue weighted by molar-refractivity contribution is 7.80. The third-order valence-corrected chi connectivity index (χ3v) is 4.02. The first-order valence-electron chi connectivity index (χ1n) is 7.42. The standard InChI is InChI=1S/C15H27N5S/c1-10(2)20(5)9-7-6-8-17-15-13(14(16)21)11(3)12(4)18-19-15/h10H,6-9H2,1-5H3,(H2,16,21)(H,17,19). The lowest BCUT2D eigenvalue weighted by Crippen LogP contribution is -2.27. The van der Waals surface area contributed by atoms with E-state index in [1.165, 1.54) is 0 Å². The maximum absolute atomic E-state index is 5.80. The lowest BCUT2D eigenvalue weighted by molar-refractivity contribution is 0.269. The largest absolute Gasteiger partial charge is 0.389 e. The highest BCUT2D eigenvalue weighted by atomic mass is 32.1. The molecule has 0 saturated heterocycles. The molecular weight excluding hydrogens is 282 g/mol. The molecule has 0 saturated carbocycles. The summed E-state index contributed by atoms with van der Waals surface area (Å²) in [6, 6.07) is 0.588. The van der Waals surface area contributed by atoms with Crippen molar-refractivity contribution in [3.8, 4) is 0 Å². The van der Waals surface area contributed by atoms with Gasteiger partial charge in [-0.25, -0.2) is 0 Å². The van der Waals surface area contributed by atoms with Crippen molar-refractivity contribution in [3.05, 3.63) is 16.8 Å². The van der Waals surface area contributed by atoms with Gasteiger partial charge in [0.15, 0.2) is 5.82 Å². The Bertz CT molecular complexity index is 487. The molecule has 5 nitrogen and oxygen atoms in total. The quantitative estimate of drug-likeness (QED) is 0.567. The van der Waals surface area contributed by atoms with Crippen LogP contribution in [-0.2, 0) is 0 Å². The van der Waals surface area contributed by atoms with E-state index in [1.54, 1.807) is 0 Å². The Balaban J connectivity index is 2.53. The van der Waals surface area contributed by atoms with Crippen molar-refractivity contribution < 1.29 is 0 Å². The Hall–Kier alpha value is -1.27. The zero-order chi connectivity index (χ0) is 16.0. The molecule has 0 radical (unpaired) electrons. The van der Waals surface area contributed by atoms with Gasteiger partial charge in [-0.15, -0.1) is 5.10 Å². The van der Waals surface area contributed by atoms with Gasteiger partial charge in [0, 0.05) is 12.6 Å². The van der Waals surface area contributed by atoms with Crippen LogP contribution in [0.25, 0.3) is 0 Å². The molecule has 0 amide bonds. The van der Waals surface area contributed by atoms with Gasteiger partial charge in [-0.1, -0.05) is 12.2 Å². The molecule has 0 unspecified atom stereocenters. The first-order valence-corrected chi connectivity index (χ1v) is 7.83. The molecule has 118 valence electrons. The average Bonchev–Trinajstić information content (AvgIpc) is 2.41. The van der Waals surface area contributed by atoms with Crippen molar-refractivity contribution in [2.45, 2.75) is 46.6 Å². The third kappa shape index (κ3) is 5.21. The van der Waals surface area contributed by atoms with Crippen LogP contribution in [0.1, 0.15) is 43.5 Å². The van der Waals surface area contributed by atoms with Crippen molar-refractivity contribution >= 4 is 23.0 Å². The van der Waals surface area contributed by atoms with E-state index >= 15 is 0 Å². The monoisotopic (exact) mass is 309 g/mol. The molecule has 21 heavy (non-hydrogen) atoms. The summed E-state index contributed by atoms with van der Waals surface area (Å²) < 4.78 is 0. The van der Waals surface area contributed by atoms with Crippen LogP contribution < -0.4 is 11.1 Å². The van der Waals surface area contributed by atoms with Gasteiger partial charge in [-0.05, 0) is 59.7 Å². The van der Waals surface area contributed by atoms with Crippen LogP contribution in [0.4, 0.5) is 5.82 Å². The molecule has 0 aromatic carbocycles. The van der Waals surface area contributed by atoms with E-state index in [0.717, 1.165) is 42.8 Å². The molecular formula is C15H27N5S. The summed E-state index contributed by atoms with van der Waals surface area (Å²) >= 11 is 5.12. The number of thiocarbonyl (C=S) groups is 1. The van der Waals surface area contributed by atoms with E-state index in [0.29, 0.717) is 16.8 Å². The Kier molecular flexibility index (Phi) is 6.98.